The summed E-state index contributed by atoms with van der Waals surface area (Å²) < 4.78 is 33.4. The summed E-state index contributed by atoms with van der Waals surface area (Å²) in [5, 5.41) is 22.0. The Balaban J connectivity index is 2.06. The topological polar surface area (TPSA) is 107 Å². The molecule has 1 unspecified atom stereocenters. The van der Waals surface area contributed by atoms with E-state index in [1.807, 2.05) is 0 Å². The lowest BCUT2D eigenvalue weighted by Gasteiger charge is -2.15. The number of esters is 1. The molecule has 1 heterocycles. The van der Waals surface area contributed by atoms with E-state index in [2.05, 4.69) is 15.5 Å². The summed E-state index contributed by atoms with van der Waals surface area (Å²) in [6, 6.07) is 11.4. The van der Waals surface area contributed by atoms with Crippen molar-refractivity contribution in [1.82, 2.24) is 20.2 Å². The number of hydrogen-bond acceptors (Lipinski definition) is 7. The molecule has 0 aliphatic carbocycles. The van der Waals surface area contributed by atoms with Crippen LogP contribution in [0.1, 0.15) is 36.7 Å². The molecule has 1 N–H and O–H groups in total. The predicted molar refractivity (Wildman–Crippen MR) is 124 cm³/mol. The molecule has 0 radical (unpaired) electrons. The molecule has 10 heteroatoms. The number of allylic oxidation sites excluding steroid dienone is 2. The molecule has 3 aromatic rings. The molecule has 0 spiro atoms. The van der Waals surface area contributed by atoms with Crippen molar-refractivity contribution in [2.45, 2.75) is 32.8 Å². The van der Waals surface area contributed by atoms with Gasteiger partial charge in [0.15, 0.2) is 5.82 Å². The Hall–Kier alpha value is -4.05. The van der Waals surface area contributed by atoms with Crippen LogP contribution in [0.5, 0.6) is 0 Å². The number of carbonyl (C=O) groups excluding carboxylic acids is 2. The fourth-order valence-electron chi connectivity index (χ4n) is 3.36. The number of tetrazole rings is 1. The van der Waals surface area contributed by atoms with Gasteiger partial charge in [-0.25, -0.2) is 8.78 Å². The maximum atomic E-state index is 13.6. The fraction of sp³-hybridized carbons (Fsp3) is 0.240. The summed E-state index contributed by atoms with van der Waals surface area (Å²) in [7, 11) is 0. The lowest BCUT2D eigenvalue weighted by molar-refractivity contribution is -0.145. The van der Waals surface area contributed by atoms with Gasteiger partial charge in [0.2, 0.25) is 0 Å². The molecule has 3 rings (SSSR count). The minimum Gasteiger partial charge on any atom is -0.466 e. The second-order valence-corrected chi connectivity index (χ2v) is 7.56. The molecular weight excluding hydrogens is 458 g/mol. The third-order valence-corrected chi connectivity index (χ3v) is 4.94. The Morgan fingerprint density at radius 2 is 1.63 bits per heavy atom. The second kappa shape index (κ2) is 11.9. The summed E-state index contributed by atoms with van der Waals surface area (Å²) in [6.45, 7) is 3.46. The van der Waals surface area contributed by atoms with Crippen molar-refractivity contribution in [3.8, 4) is 0 Å². The molecule has 35 heavy (non-hydrogen) atoms. The fourth-order valence-corrected chi connectivity index (χ4v) is 3.36. The first-order valence-corrected chi connectivity index (χ1v) is 10.8. The lowest BCUT2D eigenvalue weighted by Crippen LogP contribution is -2.16. The van der Waals surface area contributed by atoms with Crippen LogP contribution in [0.25, 0.3) is 11.3 Å². The molecule has 0 amide bonds. The number of aryl methyl sites for hydroxylation is 1. The standard InChI is InChI=1S/C25H24F2N4O4/c1-3-35-24(34)15-22(33)14-21(32)12-13-23(31-16(2)28-29-30-31)25(17-4-8-19(26)9-5-17)18-6-10-20(27)11-7-18/h4-13,21,32H,3,14-15H2,1-2H3/b13-12+. The first-order chi connectivity index (χ1) is 16.8. The van der Waals surface area contributed by atoms with E-state index in [9.17, 15) is 23.5 Å². The Bertz CT molecular complexity index is 1190. The van der Waals surface area contributed by atoms with Crippen LogP contribution >= 0.6 is 0 Å². The molecular formula is C25H24F2N4O4. The number of hydrogen-bond donors (Lipinski definition) is 1. The number of rotatable bonds is 10. The van der Waals surface area contributed by atoms with Gasteiger partial charge in [-0.2, -0.15) is 4.68 Å². The Kier molecular flexibility index (Phi) is 8.69. The number of carbonyl (C=O) groups is 2. The first kappa shape index (κ1) is 25.6. The van der Waals surface area contributed by atoms with Crippen LogP contribution in [-0.2, 0) is 14.3 Å². The number of aliphatic hydroxyl groups excluding tert-OH is 1. The predicted octanol–water partition coefficient (Wildman–Crippen LogP) is 3.51. The molecule has 2 aromatic carbocycles. The number of nitrogens with zero attached hydrogens (tertiary/aromatic N) is 4. The van der Waals surface area contributed by atoms with Crippen molar-refractivity contribution in [3.05, 3.63) is 89.3 Å². The van der Waals surface area contributed by atoms with E-state index in [-0.39, 0.29) is 13.0 Å². The number of ketones is 1. The van der Waals surface area contributed by atoms with Crippen LogP contribution in [0.3, 0.4) is 0 Å². The van der Waals surface area contributed by atoms with Gasteiger partial charge in [0, 0.05) is 12.0 Å². The number of aliphatic hydroxyl groups is 1. The van der Waals surface area contributed by atoms with Crippen LogP contribution < -0.4 is 0 Å². The first-order valence-electron chi connectivity index (χ1n) is 10.8. The average molecular weight is 482 g/mol. The minimum absolute atomic E-state index is 0.156. The molecule has 8 nitrogen and oxygen atoms in total. The van der Waals surface area contributed by atoms with Crippen molar-refractivity contribution in [1.29, 1.82) is 0 Å². The molecule has 1 aromatic heterocycles. The van der Waals surface area contributed by atoms with Crippen molar-refractivity contribution in [2.24, 2.45) is 0 Å². The van der Waals surface area contributed by atoms with E-state index in [1.54, 1.807) is 38.1 Å². The van der Waals surface area contributed by atoms with Gasteiger partial charge in [0.25, 0.3) is 0 Å². The highest BCUT2D eigenvalue weighted by molar-refractivity contribution is 5.97. The van der Waals surface area contributed by atoms with E-state index in [1.165, 1.54) is 41.1 Å². The van der Waals surface area contributed by atoms with Gasteiger partial charge in [-0.05, 0) is 65.7 Å². The van der Waals surface area contributed by atoms with E-state index in [0.29, 0.717) is 28.2 Å². The van der Waals surface area contributed by atoms with Crippen LogP contribution in [0.2, 0.25) is 0 Å². The van der Waals surface area contributed by atoms with Gasteiger partial charge >= 0.3 is 5.97 Å². The van der Waals surface area contributed by atoms with E-state index < -0.39 is 35.9 Å². The van der Waals surface area contributed by atoms with Gasteiger partial charge < -0.3 is 9.84 Å². The van der Waals surface area contributed by atoms with Gasteiger partial charge in [0.1, 0.15) is 23.8 Å². The lowest BCUT2D eigenvalue weighted by atomic mass is 9.95. The average Bonchev–Trinajstić information content (AvgIpc) is 3.24. The van der Waals surface area contributed by atoms with Crippen molar-refractivity contribution in [2.75, 3.05) is 6.61 Å². The second-order valence-electron chi connectivity index (χ2n) is 7.56. The third-order valence-electron chi connectivity index (χ3n) is 4.94. The van der Waals surface area contributed by atoms with Crippen molar-refractivity contribution >= 4 is 23.0 Å². The summed E-state index contributed by atoms with van der Waals surface area (Å²) in [5.74, 6) is -1.59. The summed E-state index contributed by atoms with van der Waals surface area (Å²) >= 11 is 0. The highest BCUT2D eigenvalue weighted by Gasteiger charge is 2.18. The molecule has 0 aliphatic rings. The van der Waals surface area contributed by atoms with Gasteiger partial charge in [-0.1, -0.05) is 30.3 Å². The van der Waals surface area contributed by atoms with Crippen LogP contribution in [0, 0.1) is 18.6 Å². The molecule has 0 saturated carbocycles. The maximum Gasteiger partial charge on any atom is 0.313 e. The largest absolute Gasteiger partial charge is 0.466 e. The number of halogens is 2. The van der Waals surface area contributed by atoms with E-state index in [4.69, 9.17) is 4.74 Å². The minimum atomic E-state index is -1.22. The zero-order valence-electron chi connectivity index (χ0n) is 19.2. The van der Waals surface area contributed by atoms with Crippen LogP contribution in [0.15, 0.2) is 60.7 Å². The molecule has 0 bridgehead atoms. The molecule has 0 aliphatic heterocycles. The van der Waals surface area contributed by atoms with Crippen LogP contribution in [-0.4, -0.2) is 49.8 Å². The third kappa shape index (κ3) is 6.97. The number of aromatic nitrogens is 4. The quantitative estimate of drug-likeness (QED) is 0.268. The highest BCUT2D eigenvalue weighted by atomic mass is 19.1. The molecule has 182 valence electrons. The van der Waals surface area contributed by atoms with Crippen molar-refractivity contribution in [3.63, 3.8) is 0 Å². The summed E-state index contributed by atoms with van der Waals surface area (Å²) in [6.07, 6.45) is 0.926. The van der Waals surface area contributed by atoms with Gasteiger partial charge in [-0.15, -0.1) is 5.10 Å². The Morgan fingerprint density at radius 3 is 2.11 bits per heavy atom. The van der Waals surface area contributed by atoms with Crippen molar-refractivity contribution < 1.29 is 28.2 Å². The van der Waals surface area contributed by atoms with Gasteiger partial charge in [-0.3, -0.25) is 9.59 Å². The summed E-state index contributed by atoms with van der Waals surface area (Å²) in [5.41, 5.74) is 2.09. The zero-order valence-corrected chi connectivity index (χ0v) is 19.2. The Labute approximate surface area is 200 Å². The molecule has 1 atom stereocenters. The number of ether oxygens (including phenoxy) is 1. The monoisotopic (exact) mass is 482 g/mol. The van der Waals surface area contributed by atoms with Crippen LogP contribution in [0.4, 0.5) is 8.78 Å². The molecule has 0 fully saturated rings. The Morgan fingerprint density at radius 1 is 1.06 bits per heavy atom. The van der Waals surface area contributed by atoms with E-state index in [0.717, 1.165) is 0 Å². The normalized spacial score (nSPS) is 11.9. The maximum absolute atomic E-state index is 13.6. The smallest absolute Gasteiger partial charge is 0.313 e. The van der Waals surface area contributed by atoms with E-state index >= 15 is 0 Å². The van der Waals surface area contributed by atoms with Gasteiger partial charge in [0.05, 0.1) is 18.4 Å². The number of Topliss-reactive ketones (excluding diaryl/α,β-unsaturated/α-hetero) is 1. The molecule has 0 saturated heterocycles. The SMILES string of the molecule is CCOC(=O)CC(=O)CC(O)/C=C/C(=C(c1ccc(F)cc1)c1ccc(F)cc1)n1nnnc1C. The number of benzene rings is 2. The zero-order chi connectivity index (χ0) is 25.4. The summed E-state index contributed by atoms with van der Waals surface area (Å²) in [4.78, 5) is 23.6. The highest BCUT2D eigenvalue weighted by Crippen LogP contribution is 2.31.